The molecule has 40 heavy (non-hydrogen) atoms. The van der Waals surface area contributed by atoms with Gasteiger partial charge in [0, 0.05) is 73.6 Å². The molecule has 2 fully saturated rings. The molecule has 2 saturated heterocycles. The van der Waals surface area contributed by atoms with Crippen molar-refractivity contribution in [3.8, 4) is 22.4 Å². The van der Waals surface area contributed by atoms with E-state index >= 15 is 0 Å². The fourth-order valence-electron chi connectivity index (χ4n) is 6.01. The van der Waals surface area contributed by atoms with Crippen LogP contribution in [0.2, 0.25) is 0 Å². The first-order valence-electron chi connectivity index (χ1n) is 14.4. The Labute approximate surface area is 236 Å². The second kappa shape index (κ2) is 10.9. The van der Waals surface area contributed by atoms with E-state index in [1.165, 1.54) is 5.56 Å². The number of aromatic nitrogens is 6. The number of likely N-dealkylation sites (tertiary alicyclic amines) is 1. The predicted octanol–water partition coefficient (Wildman–Crippen LogP) is 4.22. The molecule has 0 spiro atoms. The maximum absolute atomic E-state index is 5.95. The smallest absolute Gasteiger partial charge is 0.156 e. The SMILES string of the molecule is CCN1CCC(n2cc(-c3c[nH]c4ncc(-c5cnc(N6CCOC(C)(C)C6)c(CN(C)C)c5)nc34)cn2)CC1. The van der Waals surface area contributed by atoms with E-state index in [4.69, 9.17) is 24.8 Å². The van der Waals surface area contributed by atoms with Crippen molar-refractivity contribution in [1.29, 1.82) is 0 Å². The van der Waals surface area contributed by atoms with Crippen molar-refractivity contribution in [2.24, 2.45) is 0 Å². The van der Waals surface area contributed by atoms with E-state index in [9.17, 15) is 0 Å². The van der Waals surface area contributed by atoms with Crippen LogP contribution in [0.3, 0.4) is 0 Å². The van der Waals surface area contributed by atoms with Crippen molar-refractivity contribution in [1.82, 2.24) is 39.5 Å². The summed E-state index contributed by atoms with van der Waals surface area (Å²) in [5.74, 6) is 1.02. The molecule has 1 N–H and O–H groups in total. The van der Waals surface area contributed by atoms with Gasteiger partial charge in [0.1, 0.15) is 11.3 Å². The monoisotopic (exact) mass is 543 g/mol. The van der Waals surface area contributed by atoms with Crippen molar-refractivity contribution < 1.29 is 4.74 Å². The highest BCUT2D eigenvalue weighted by atomic mass is 16.5. The Morgan fingerprint density at radius 3 is 2.65 bits per heavy atom. The average Bonchev–Trinajstić information content (AvgIpc) is 3.59. The van der Waals surface area contributed by atoms with E-state index < -0.39 is 0 Å². The van der Waals surface area contributed by atoms with Gasteiger partial charge in [-0.15, -0.1) is 0 Å². The zero-order chi connectivity index (χ0) is 27.9. The summed E-state index contributed by atoms with van der Waals surface area (Å²) < 4.78 is 8.09. The van der Waals surface area contributed by atoms with Crippen LogP contribution in [0.1, 0.15) is 45.2 Å². The highest BCUT2D eigenvalue weighted by molar-refractivity contribution is 5.91. The zero-order valence-electron chi connectivity index (χ0n) is 24.4. The van der Waals surface area contributed by atoms with E-state index in [1.54, 1.807) is 0 Å². The molecule has 6 rings (SSSR count). The average molecular weight is 544 g/mol. The van der Waals surface area contributed by atoms with Gasteiger partial charge in [0.15, 0.2) is 5.65 Å². The quantitative estimate of drug-likeness (QED) is 0.371. The molecule has 4 aromatic rings. The Bertz CT molecular complexity index is 1470. The van der Waals surface area contributed by atoms with Gasteiger partial charge in [0.2, 0.25) is 0 Å². The van der Waals surface area contributed by atoms with Gasteiger partial charge < -0.3 is 24.4 Å². The molecule has 0 unspecified atom stereocenters. The minimum Gasteiger partial charge on any atom is -0.372 e. The first-order chi connectivity index (χ1) is 19.3. The number of nitrogens with one attached hydrogen (secondary N) is 1. The molecule has 212 valence electrons. The molecule has 2 aliphatic heterocycles. The number of hydrogen-bond donors (Lipinski definition) is 1. The third-order valence-electron chi connectivity index (χ3n) is 8.12. The fraction of sp³-hybridized carbons (Fsp3) is 0.533. The van der Waals surface area contributed by atoms with Crippen LogP contribution in [-0.4, -0.2) is 98.5 Å². The number of fused-ring (bicyclic) bond motifs is 1. The molecule has 0 aromatic carbocycles. The van der Waals surface area contributed by atoms with Crippen LogP contribution in [0.5, 0.6) is 0 Å². The number of nitrogens with zero attached hydrogens (tertiary/aromatic N) is 8. The van der Waals surface area contributed by atoms with Crippen LogP contribution in [0.25, 0.3) is 33.5 Å². The second-order valence-electron chi connectivity index (χ2n) is 12.0. The molecule has 10 heteroatoms. The maximum Gasteiger partial charge on any atom is 0.156 e. The fourth-order valence-corrected chi connectivity index (χ4v) is 6.01. The molecule has 0 atom stereocenters. The first-order valence-corrected chi connectivity index (χ1v) is 14.4. The summed E-state index contributed by atoms with van der Waals surface area (Å²) in [5.41, 5.74) is 6.47. The van der Waals surface area contributed by atoms with Crippen LogP contribution in [0, 0.1) is 0 Å². The zero-order valence-corrected chi connectivity index (χ0v) is 24.4. The number of morpholine rings is 1. The van der Waals surface area contributed by atoms with E-state index in [0.29, 0.717) is 12.6 Å². The molecule has 0 saturated carbocycles. The van der Waals surface area contributed by atoms with Crippen molar-refractivity contribution in [2.45, 2.75) is 51.8 Å². The summed E-state index contributed by atoms with van der Waals surface area (Å²) in [7, 11) is 4.18. The van der Waals surface area contributed by atoms with Crippen molar-refractivity contribution in [2.75, 3.05) is 58.3 Å². The Morgan fingerprint density at radius 1 is 1.07 bits per heavy atom. The third-order valence-corrected chi connectivity index (χ3v) is 8.12. The van der Waals surface area contributed by atoms with Gasteiger partial charge in [-0.1, -0.05) is 6.92 Å². The molecule has 0 radical (unpaired) electrons. The molecule has 0 bridgehead atoms. The van der Waals surface area contributed by atoms with Gasteiger partial charge in [-0.3, -0.25) is 4.68 Å². The van der Waals surface area contributed by atoms with Crippen molar-refractivity contribution >= 4 is 17.0 Å². The number of rotatable bonds is 7. The summed E-state index contributed by atoms with van der Waals surface area (Å²) in [6, 6.07) is 2.66. The maximum atomic E-state index is 5.95. The van der Waals surface area contributed by atoms with Crippen LogP contribution in [0.15, 0.2) is 37.1 Å². The summed E-state index contributed by atoms with van der Waals surface area (Å²) in [5, 5.41) is 4.75. The van der Waals surface area contributed by atoms with E-state index in [2.05, 4.69) is 71.5 Å². The number of ether oxygens (including phenoxy) is 1. The Balaban J connectivity index is 1.30. The van der Waals surface area contributed by atoms with Gasteiger partial charge in [-0.25, -0.2) is 15.0 Å². The number of hydrogen-bond acceptors (Lipinski definition) is 8. The summed E-state index contributed by atoms with van der Waals surface area (Å²) >= 11 is 0. The lowest BCUT2D eigenvalue weighted by Crippen LogP contribution is -2.49. The summed E-state index contributed by atoms with van der Waals surface area (Å²) in [6.45, 7) is 13.0. The number of aromatic amines is 1. The second-order valence-corrected chi connectivity index (χ2v) is 12.0. The molecule has 2 aliphatic rings. The standard InChI is InChI=1S/C30H41N9O/c1-6-37-9-7-24(8-10-37)39-19-23(15-34-39)25-16-31-28-27(25)35-26(17-32-28)21-13-22(18-36(4)5)29(33-14-21)38-11-12-40-30(2,3)20-38/h13-17,19,24H,6-12,18,20H2,1-5H3,(H,31,32). The Morgan fingerprint density at radius 2 is 1.90 bits per heavy atom. The topological polar surface area (TPSA) is 91.2 Å². The predicted molar refractivity (Wildman–Crippen MR) is 158 cm³/mol. The lowest BCUT2D eigenvalue weighted by molar-refractivity contribution is -0.0279. The van der Waals surface area contributed by atoms with Gasteiger partial charge in [-0.2, -0.15) is 5.10 Å². The van der Waals surface area contributed by atoms with Crippen LogP contribution < -0.4 is 4.90 Å². The molecule has 6 heterocycles. The van der Waals surface area contributed by atoms with Gasteiger partial charge in [-0.05, 0) is 53.4 Å². The minimum atomic E-state index is -0.199. The van der Waals surface area contributed by atoms with E-state index in [-0.39, 0.29) is 5.60 Å². The Hall–Kier alpha value is -3.34. The molecule has 4 aromatic heterocycles. The number of H-pyrrole nitrogens is 1. The lowest BCUT2D eigenvalue weighted by Gasteiger charge is -2.39. The lowest BCUT2D eigenvalue weighted by atomic mass is 10.1. The first kappa shape index (κ1) is 26.9. The van der Waals surface area contributed by atoms with Gasteiger partial charge in [0.05, 0.1) is 36.3 Å². The van der Waals surface area contributed by atoms with Gasteiger partial charge in [0.25, 0.3) is 0 Å². The molecule has 10 nitrogen and oxygen atoms in total. The van der Waals surface area contributed by atoms with Crippen molar-refractivity contribution in [3.05, 3.63) is 42.6 Å². The number of pyridine rings is 1. The van der Waals surface area contributed by atoms with Crippen LogP contribution in [0.4, 0.5) is 5.82 Å². The minimum absolute atomic E-state index is 0.199. The summed E-state index contributed by atoms with van der Waals surface area (Å²) in [6.07, 6.45) is 12.1. The normalized spacial score (nSPS) is 18.7. The largest absolute Gasteiger partial charge is 0.372 e. The number of piperidine rings is 1. The van der Waals surface area contributed by atoms with Crippen LogP contribution in [-0.2, 0) is 11.3 Å². The molecule has 0 amide bonds. The summed E-state index contributed by atoms with van der Waals surface area (Å²) in [4.78, 5) is 25.1. The highest BCUT2D eigenvalue weighted by Gasteiger charge is 2.29. The Kier molecular flexibility index (Phi) is 7.33. The van der Waals surface area contributed by atoms with E-state index in [0.717, 1.165) is 91.5 Å². The van der Waals surface area contributed by atoms with Gasteiger partial charge >= 0.3 is 0 Å². The van der Waals surface area contributed by atoms with E-state index in [1.807, 2.05) is 24.8 Å². The third kappa shape index (κ3) is 5.48. The molecular weight excluding hydrogens is 502 g/mol. The molecule has 0 aliphatic carbocycles. The van der Waals surface area contributed by atoms with Crippen LogP contribution >= 0.6 is 0 Å². The van der Waals surface area contributed by atoms with Crippen molar-refractivity contribution in [3.63, 3.8) is 0 Å². The number of anilines is 1. The molecular formula is C30H41N9O. The highest BCUT2D eigenvalue weighted by Crippen LogP contribution is 2.32.